The average molecular weight is 282 g/mol. The number of hydrogen-bond acceptors (Lipinski definition) is 4. The summed E-state index contributed by atoms with van der Waals surface area (Å²) in [5.74, 6) is 0. The number of benzene rings is 1. The van der Waals surface area contributed by atoms with Gasteiger partial charge >= 0.3 is 5.51 Å². The predicted molar refractivity (Wildman–Crippen MR) is 61.8 cm³/mol. The van der Waals surface area contributed by atoms with Crippen LogP contribution in [0.2, 0.25) is 0 Å². The molecule has 0 heterocycles. The molecule has 18 heavy (non-hydrogen) atoms. The lowest BCUT2D eigenvalue weighted by Gasteiger charge is -2.15. The van der Waals surface area contributed by atoms with Crippen molar-refractivity contribution in [3.63, 3.8) is 0 Å². The van der Waals surface area contributed by atoms with Crippen LogP contribution in [-0.2, 0) is 9.84 Å². The molecular weight excluding hydrogens is 269 g/mol. The second-order valence-electron chi connectivity index (χ2n) is 3.80. The molecule has 3 N–H and O–H groups in total. The number of sulfone groups is 1. The molecule has 1 atom stereocenters. The molecule has 1 rings (SSSR count). The fourth-order valence-corrected chi connectivity index (χ4v) is 2.18. The molecule has 1 aromatic carbocycles. The van der Waals surface area contributed by atoms with Gasteiger partial charge in [-0.1, -0.05) is 12.1 Å². The summed E-state index contributed by atoms with van der Waals surface area (Å²) in [5, 5.41) is 2.59. The van der Waals surface area contributed by atoms with Crippen LogP contribution in [0.3, 0.4) is 0 Å². The van der Waals surface area contributed by atoms with E-state index in [9.17, 15) is 21.6 Å². The minimum atomic E-state index is -5.36. The molecule has 0 radical (unpaired) electrons. The van der Waals surface area contributed by atoms with Crippen LogP contribution in [0.5, 0.6) is 0 Å². The molecule has 0 aromatic heterocycles. The molecular formula is C10H13F3N2O2S. The van der Waals surface area contributed by atoms with Crippen molar-refractivity contribution < 1.29 is 21.6 Å². The van der Waals surface area contributed by atoms with Crippen LogP contribution in [-0.4, -0.2) is 26.5 Å². The lowest BCUT2D eigenvalue weighted by Crippen LogP contribution is -2.28. The topological polar surface area (TPSA) is 72.2 Å². The first-order valence-electron chi connectivity index (χ1n) is 5.06. The van der Waals surface area contributed by atoms with E-state index in [1.165, 1.54) is 18.2 Å². The standard InChI is InChI=1S/C10H13F3N2O2S/c1-7(14)6-15-8-4-2-3-5-9(8)18(16,17)10(11,12)13/h2-5,7,15H,6,14H2,1H3. The Bertz CT molecular complexity index is 512. The van der Waals surface area contributed by atoms with Crippen molar-refractivity contribution in [2.75, 3.05) is 11.9 Å². The normalized spacial score (nSPS) is 14.3. The number of hydrogen-bond donors (Lipinski definition) is 2. The molecule has 102 valence electrons. The molecule has 0 bridgehead atoms. The predicted octanol–water partition coefficient (Wildman–Crippen LogP) is 1.74. The first-order chi connectivity index (χ1) is 8.16. The largest absolute Gasteiger partial charge is 0.501 e. The van der Waals surface area contributed by atoms with Crippen molar-refractivity contribution in [1.82, 2.24) is 0 Å². The molecule has 0 saturated carbocycles. The maximum Gasteiger partial charge on any atom is 0.501 e. The Morgan fingerprint density at radius 3 is 2.39 bits per heavy atom. The Morgan fingerprint density at radius 1 is 1.33 bits per heavy atom. The quantitative estimate of drug-likeness (QED) is 0.882. The Kier molecular flexibility index (Phi) is 4.23. The van der Waals surface area contributed by atoms with Crippen LogP contribution in [0.4, 0.5) is 18.9 Å². The second-order valence-corrected chi connectivity index (χ2v) is 5.71. The van der Waals surface area contributed by atoms with E-state index in [1.807, 2.05) is 0 Å². The monoisotopic (exact) mass is 282 g/mol. The highest BCUT2D eigenvalue weighted by atomic mass is 32.2. The third-order valence-electron chi connectivity index (χ3n) is 2.10. The van der Waals surface area contributed by atoms with Crippen LogP contribution < -0.4 is 11.1 Å². The van der Waals surface area contributed by atoms with E-state index in [1.54, 1.807) is 6.92 Å². The van der Waals surface area contributed by atoms with E-state index in [0.717, 1.165) is 6.07 Å². The van der Waals surface area contributed by atoms with Gasteiger partial charge in [0.1, 0.15) is 0 Å². The number of anilines is 1. The zero-order valence-electron chi connectivity index (χ0n) is 9.53. The fraction of sp³-hybridized carbons (Fsp3) is 0.400. The van der Waals surface area contributed by atoms with E-state index >= 15 is 0 Å². The Hall–Kier alpha value is -1.28. The molecule has 0 spiro atoms. The SMILES string of the molecule is CC(N)CNc1ccccc1S(=O)(=O)C(F)(F)F. The van der Waals surface area contributed by atoms with Gasteiger partial charge in [0.2, 0.25) is 0 Å². The second kappa shape index (κ2) is 5.15. The summed E-state index contributed by atoms with van der Waals surface area (Å²) in [6, 6.07) is 4.54. The number of rotatable bonds is 4. The zero-order valence-corrected chi connectivity index (χ0v) is 10.3. The average Bonchev–Trinajstić information content (AvgIpc) is 2.25. The number of nitrogens with one attached hydrogen (secondary N) is 1. The van der Waals surface area contributed by atoms with Gasteiger partial charge in [-0.05, 0) is 19.1 Å². The van der Waals surface area contributed by atoms with Crippen molar-refractivity contribution in [2.24, 2.45) is 5.73 Å². The zero-order chi connectivity index (χ0) is 14.0. The van der Waals surface area contributed by atoms with E-state index < -0.39 is 20.2 Å². The minimum absolute atomic E-state index is 0.105. The molecule has 8 heteroatoms. The van der Waals surface area contributed by atoms with E-state index in [-0.39, 0.29) is 18.3 Å². The maximum atomic E-state index is 12.5. The van der Waals surface area contributed by atoms with Gasteiger partial charge in [0, 0.05) is 12.6 Å². The highest BCUT2D eigenvalue weighted by molar-refractivity contribution is 7.92. The van der Waals surface area contributed by atoms with Crippen molar-refractivity contribution in [2.45, 2.75) is 23.4 Å². The van der Waals surface area contributed by atoms with Crippen LogP contribution >= 0.6 is 0 Å². The van der Waals surface area contributed by atoms with Gasteiger partial charge in [-0.3, -0.25) is 0 Å². The van der Waals surface area contributed by atoms with Gasteiger partial charge in [-0.25, -0.2) is 8.42 Å². The van der Waals surface area contributed by atoms with E-state index in [4.69, 9.17) is 5.73 Å². The lowest BCUT2D eigenvalue weighted by atomic mass is 10.3. The molecule has 0 amide bonds. The van der Waals surface area contributed by atoms with Crippen molar-refractivity contribution in [1.29, 1.82) is 0 Å². The van der Waals surface area contributed by atoms with Gasteiger partial charge < -0.3 is 11.1 Å². The molecule has 1 unspecified atom stereocenters. The molecule has 4 nitrogen and oxygen atoms in total. The molecule has 0 aliphatic carbocycles. The fourth-order valence-electron chi connectivity index (χ4n) is 1.24. The number of para-hydroxylation sites is 1. The minimum Gasteiger partial charge on any atom is -0.382 e. The Morgan fingerprint density at radius 2 is 1.89 bits per heavy atom. The summed E-state index contributed by atoms with van der Waals surface area (Å²) in [5.41, 5.74) is 0.0262. The maximum absolute atomic E-state index is 12.5. The van der Waals surface area contributed by atoms with Crippen molar-refractivity contribution in [3.05, 3.63) is 24.3 Å². The Balaban J connectivity index is 3.18. The highest BCUT2D eigenvalue weighted by Gasteiger charge is 2.47. The Labute approximate surface area is 103 Å². The summed E-state index contributed by atoms with van der Waals surface area (Å²) in [7, 11) is -5.36. The van der Waals surface area contributed by atoms with Gasteiger partial charge in [0.05, 0.1) is 10.6 Å². The van der Waals surface area contributed by atoms with Gasteiger partial charge in [0.15, 0.2) is 0 Å². The first kappa shape index (κ1) is 14.8. The number of nitrogens with two attached hydrogens (primary N) is 1. The molecule has 0 fully saturated rings. The molecule has 0 aliphatic rings. The first-order valence-corrected chi connectivity index (χ1v) is 6.54. The lowest BCUT2D eigenvalue weighted by molar-refractivity contribution is -0.0435. The number of alkyl halides is 3. The van der Waals surface area contributed by atoms with Crippen molar-refractivity contribution in [3.8, 4) is 0 Å². The van der Waals surface area contributed by atoms with E-state index in [0.29, 0.717) is 0 Å². The van der Waals surface area contributed by atoms with Crippen LogP contribution in [0.15, 0.2) is 29.2 Å². The third-order valence-corrected chi connectivity index (χ3v) is 3.64. The third kappa shape index (κ3) is 3.14. The van der Waals surface area contributed by atoms with Crippen molar-refractivity contribution >= 4 is 15.5 Å². The molecule has 0 aliphatic heterocycles. The van der Waals surface area contributed by atoms with Gasteiger partial charge in [-0.2, -0.15) is 13.2 Å². The summed E-state index contributed by atoms with van der Waals surface area (Å²) in [6.07, 6.45) is 0. The smallest absolute Gasteiger partial charge is 0.382 e. The summed E-state index contributed by atoms with van der Waals surface area (Å²) in [4.78, 5) is -0.793. The summed E-state index contributed by atoms with van der Waals surface area (Å²) in [6.45, 7) is 1.82. The van der Waals surface area contributed by atoms with E-state index in [2.05, 4.69) is 5.32 Å². The van der Waals surface area contributed by atoms with Gasteiger partial charge in [0.25, 0.3) is 9.84 Å². The van der Waals surface area contributed by atoms with Crippen LogP contribution in [0.25, 0.3) is 0 Å². The van der Waals surface area contributed by atoms with Crippen LogP contribution in [0.1, 0.15) is 6.92 Å². The van der Waals surface area contributed by atoms with Gasteiger partial charge in [-0.15, -0.1) is 0 Å². The summed E-state index contributed by atoms with van der Waals surface area (Å²) >= 11 is 0. The molecule has 0 saturated heterocycles. The molecule has 1 aromatic rings. The summed E-state index contributed by atoms with van der Waals surface area (Å²) < 4.78 is 60.0. The van der Waals surface area contributed by atoms with Crippen LogP contribution in [0, 0.1) is 0 Å². The number of halogens is 3. The highest BCUT2D eigenvalue weighted by Crippen LogP contribution is 2.34.